The van der Waals surface area contributed by atoms with Crippen LogP contribution in [0.4, 0.5) is 0 Å². The van der Waals surface area contributed by atoms with Crippen LogP contribution >= 0.6 is 15.9 Å². The number of nitrogens with zero attached hydrogens (tertiary/aromatic N) is 1. The highest BCUT2D eigenvalue weighted by Crippen LogP contribution is 2.37. The van der Waals surface area contributed by atoms with Crippen LogP contribution in [0.2, 0.25) is 0 Å². The summed E-state index contributed by atoms with van der Waals surface area (Å²) in [6, 6.07) is 5.07. The third-order valence-electron chi connectivity index (χ3n) is 4.53. The van der Waals surface area contributed by atoms with Gasteiger partial charge < -0.3 is 4.74 Å². The van der Waals surface area contributed by atoms with Gasteiger partial charge in [0.05, 0.1) is 7.11 Å². The zero-order valence-electron chi connectivity index (χ0n) is 12.7. The van der Waals surface area contributed by atoms with E-state index >= 15 is 0 Å². The van der Waals surface area contributed by atoms with Crippen LogP contribution in [0, 0.1) is 5.41 Å². The number of benzene rings is 1. The molecule has 0 bridgehead atoms. The quantitative estimate of drug-likeness (QED) is 0.806. The van der Waals surface area contributed by atoms with E-state index in [-0.39, 0.29) is 10.3 Å². The molecule has 21 heavy (non-hydrogen) atoms. The Morgan fingerprint density at radius 2 is 1.95 bits per heavy atom. The average Bonchev–Trinajstić information content (AvgIpc) is 2.47. The van der Waals surface area contributed by atoms with Gasteiger partial charge in [-0.15, -0.1) is 0 Å². The van der Waals surface area contributed by atoms with E-state index in [1.54, 1.807) is 22.5 Å². The lowest BCUT2D eigenvalue weighted by molar-refractivity contribution is 0.168. The van der Waals surface area contributed by atoms with Gasteiger partial charge in [0.15, 0.2) is 0 Å². The molecule has 1 aromatic carbocycles. The Morgan fingerprint density at radius 1 is 1.33 bits per heavy atom. The highest BCUT2D eigenvalue weighted by molar-refractivity contribution is 9.10. The predicted octanol–water partition coefficient (Wildman–Crippen LogP) is 3.66. The second-order valence-corrected chi connectivity index (χ2v) is 8.69. The fraction of sp³-hybridized carbons (Fsp3) is 0.600. The molecule has 0 unspecified atom stereocenters. The van der Waals surface area contributed by atoms with Crippen LogP contribution in [0.1, 0.15) is 33.1 Å². The standard InChI is InChI=1S/C15H22BrNO3S/c1-4-15(2)7-9-17(10-8-15)21(18,19)14-11-12(16)5-6-13(14)20-3/h5-6,11H,4,7-10H2,1-3H3. The molecule has 1 fully saturated rings. The number of halogens is 1. The van der Waals surface area contributed by atoms with E-state index in [2.05, 4.69) is 29.8 Å². The monoisotopic (exact) mass is 375 g/mol. The van der Waals surface area contributed by atoms with Crippen molar-refractivity contribution in [2.24, 2.45) is 5.41 Å². The van der Waals surface area contributed by atoms with E-state index in [4.69, 9.17) is 4.74 Å². The Balaban J connectivity index is 2.30. The number of methoxy groups -OCH3 is 1. The Bertz CT molecular complexity index is 607. The van der Waals surface area contributed by atoms with Crippen molar-refractivity contribution >= 4 is 26.0 Å². The number of hydrogen-bond donors (Lipinski definition) is 0. The Kier molecular flexibility index (Phi) is 5.00. The third kappa shape index (κ3) is 3.43. The molecule has 0 atom stereocenters. The number of ether oxygens (including phenoxy) is 1. The summed E-state index contributed by atoms with van der Waals surface area (Å²) in [7, 11) is -2.01. The van der Waals surface area contributed by atoms with E-state index in [9.17, 15) is 8.42 Å². The van der Waals surface area contributed by atoms with Gasteiger partial charge >= 0.3 is 0 Å². The van der Waals surface area contributed by atoms with Crippen molar-refractivity contribution in [2.45, 2.75) is 38.0 Å². The second-order valence-electron chi connectivity index (χ2n) is 5.86. The zero-order chi connectivity index (χ0) is 15.7. The molecule has 1 aromatic rings. The van der Waals surface area contributed by atoms with Crippen molar-refractivity contribution in [2.75, 3.05) is 20.2 Å². The van der Waals surface area contributed by atoms with Gasteiger partial charge in [0.2, 0.25) is 10.0 Å². The lowest BCUT2D eigenvalue weighted by Crippen LogP contribution is -2.41. The minimum atomic E-state index is -3.51. The van der Waals surface area contributed by atoms with Crippen molar-refractivity contribution in [1.29, 1.82) is 0 Å². The summed E-state index contributed by atoms with van der Waals surface area (Å²) in [5, 5.41) is 0. The van der Waals surface area contributed by atoms with Crippen LogP contribution in [0.15, 0.2) is 27.6 Å². The summed E-state index contributed by atoms with van der Waals surface area (Å²) in [6.45, 7) is 5.54. The molecule has 0 amide bonds. The molecular weight excluding hydrogens is 354 g/mol. The van der Waals surface area contributed by atoms with Crippen LogP contribution in [0.3, 0.4) is 0 Å². The summed E-state index contributed by atoms with van der Waals surface area (Å²) in [5.74, 6) is 0.391. The maximum Gasteiger partial charge on any atom is 0.246 e. The predicted molar refractivity (Wildman–Crippen MR) is 87.1 cm³/mol. The molecule has 1 heterocycles. The lowest BCUT2D eigenvalue weighted by Gasteiger charge is -2.38. The van der Waals surface area contributed by atoms with E-state index < -0.39 is 10.0 Å². The van der Waals surface area contributed by atoms with Gasteiger partial charge in [-0.05, 0) is 36.5 Å². The SMILES string of the molecule is CCC1(C)CCN(S(=O)(=O)c2cc(Br)ccc2OC)CC1. The van der Waals surface area contributed by atoms with E-state index in [0.717, 1.165) is 23.7 Å². The lowest BCUT2D eigenvalue weighted by atomic mass is 9.79. The van der Waals surface area contributed by atoms with Crippen LogP contribution in [-0.2, 0) is 10.0 Å². The molecule has 2 rings (SSSR count). The summed E-state index contributed by atoms with van der Waals surface area (Å²) >= 11 is 3.33. The van der Waals surface area contributed by atoms with Gasteiger partial charge in [0, 0.05) is 17.6 Å². The Hall–Kier alpha value is -0.590. The molecule has 1 aliphatic heterocycles. The van der Waals surface area contributed by atoms with E-state index in [1.807, 2.05) is 0 Å². The molecule has 0 aromatic heterocycles. The molecule has 0 saturated carbocycles. The average molecular weight is 376 g/mol. The summed E-state index contributed by atoms with van der Waals surface area (Å²) in [6.07, 6.45) is 2.89. The molecule has 1 aliphatic rings. The van der Waals surface area contributed by atoms with Crippen molar-refractivity contribution < 1.29 is 13.2 Å². The first-order valence-corrected chi connectivity index (χ1v) is 9.39. The zero-order valence-corrected chi connectivity index (χ0v) is 15.1. The van der Waals surface area contributed by atoms with Gasteiger partial charge in [0.1, 0.15) is 10.6 Å². The van der Waals surface area contributed by atoms with Crippen LogP contribution in [0.5, 0.6) is 5.75 Å². The number of rotatable bonds is 4. The number of sulfonamides is 1. The normalized spacial score (nSPS) is 19.4. The van der Waals surface area contributed by atoms with Crippen molar-refractivity contribution in [3.8, 4) is 5.75 Å². The van der Waals surface area contributed by atoms with Crippen LogP contribution in [0.25, 0.3) is 0 Å². The fourth-order valence-corrected chi connectivity index (χ4v) is 4.75. The van der Waals surface area contributed by atoms with Gasteiger partial charge in [-0.1, -0.05) is 36.2 Å². The van der Waals surface area contributed by atoms with Crippen molar-refractivity contribution in [3.63, 3.8) is 0 Å². The second kappa shape index (κ2) is 6.26. The van der Waals surface area contributed by atoms with Gasteiger partial charge in [0.25, 0.3) is 0 Å². The van der Waals surface area contributed by atoms with Crippen molar-refractivity contribution in [1.82, 2.24) is 4.31 Å². The highest BCUT2D eigenvalue weighted by atomic mass is 79.9. The molecule has 6 heteroatoms. The first kappa shape index (κ1) is 16.8. The highest BCUT2D eigenvalue weighted by Gasteiger charge is 2.35. The molecule has 4 nitrogen and oxygen atoms in total. The van der Waals surface area contributed by atoms with Crippen LogP contribution < -0.4 is 4.74 Å². The molecule has 0 aliphatic carbocycles. The van der Waals surface area contributed by atoms with Crippen LogP contribution in [-0.4, -0.2) is 32.9 Å². The van der Waals surface area contributed by atoms with Gasteiger partial charge in [-0.3, -0.25) is 0 Å². The molecule has 0 N–H and O–H groups in total. The minimum absolute atomic E-state index is 0.236. The molecule has 118 valence electrons. The summed E-state index contributed by atoms with van der Waals surface area (Å²) < 4.78 is 33.2. The fourth-order valence-electron chi connectivity index (χ4n) is 2.61. The maximum absolute atomic E-state index is 12.8. The largest absolute Gasteiger partial charge is 0.495 e. The topological polar surface area (TPSA) is 46.6 Å². The smallest absolute Gasteiger partial charge is 0.246 e. The number of piperidine rings is 1. The third-order valence-corrected chi connectivity index (χ3v) is 6.94. The Labute approximate surface area is 135 Å². The first-order chi connectivity index (χ1) is 9.82. The summed E-state index contributed by atoms with van der Waals surface area (Å²) in [4.78, 5) is 0.236. The molecule has 0 spiro atoms. The molecule has 0 radical (unpaired) electrons. The van der Waals surface area contributed by atoms with Crippen molar-refractivity contribution in [3.05, 3.63) is 22.7 Å². The van der Waals surface area contributed by atoms with Gasteiger partial charge in [-0.2, -0.15) is 4.31 Å². The molecular formula is C15H22BrNO3S. The van der Waals surface area contributed by atoms with E-state index in [1.165, 1.54) is 7.11 Å². The summed E-state index contributed by atoms with van der Waals surface area (Å²) in [5.41, 5.74) is 0.257. The van der Waals surface area contributed by atoms with E-state index in [0.29, 0.717) is 18.8 Å². The minimum Gasteiger partial charge on any atom is -0.495 e. The maximum atomic E-state index is 12.8. The Morgan fingerprint density at radius 3 is 2.48 bits per heavy atom. The molecule has 1 saturated heterocycles. The first-order valence-electron chi connectivity index (χ1n) is 7.16. The van der Waals surface area contributed by atoms with Gasteiger partial charge in [-0.25, -0.2) is 8.42 Å². The number of hydrogen-bond acceptors (Lipinski definition) is 3.